The molecular formula is C16H20N4. The molecule has 2 heterocycles. The molecule has 0 spiro atoms. The van der Waals surface area contributed by atoms with Crippen LogP contribution in [-0.4, -0.2) is 21.5 Å². The van der Waals surface area contributed by atoms with Gasteiger partial charge in [0.15, 0.2) is 5.82 Å². The minimum atomic E-state index is 0.413. The Morgan fingerprint density at radius 2 is 2.25 bits per heavy atom. The molecule has 2 aromatic heterocycles. The lowest BCUT2D eigenvalue weighted by Crippen LogP contribution is -2.26. The topological polar surface area (TPSA) is 50.7 Å². The molecule has 2 aromatic rings. The number of rotatable bonds is 4. The van der Waals surface area contributed by atoms with Crippen molar-refractivity contribution in [1.29, 1.82) is 0 Å². The Kier molecular flexibility index (Phi) is 4.02. The van der Waals surface area contributed by atoms with Crippen molar-refractivity contribution in [3.05, 3.63) is 41.9 Å². The van der Waals surface area contributed by atoms with Crippen LogP contribution in [0.25, 0.3) is 11.5 Å². The Morgan fingerprint density at radius 3 is 3.05 bits per heavy atom. The standard InChI is InChI=1S/C16H20N4/c1-2-9-17-13-7-5-8-14-12(13)11-19-16(20-14)15-6-3-4-10-18-15/h3-4,6,10-11,13,17H,2,5,7-9H2,1H3. The first kappa shape index (κ1) is 13.2. The highest BCUT2D eigenvalue weighted by molar-refractivity contribution is 5.49. The van der Waals surface area contributed by atoms with E-state index in [0.29, 0.717) is 6.04 Å². The first-order valence-corrected chi connectivity index (χ1v) is 7.39. The Bertz CT molecular complexity index is 568. The summed E-state index contributed by atoms with van der Waals surface area (Å²) < 4.78 is 0. The van der Waals surface area contributed by atoms with Crippen molar-refractivity contribution < 1.29 is 0 Å². The molecule has 20 heavy (non-hydrogen) atoms. The number of hydrogen-bond donors (Lipinski definition) is 1. The van der Waals surface area contributed by atoms with Gasteiger partial charge in [0.1, 0.15) is 5.69 Å². The molecule has 1 unspecified atom stereocenters. The third-order valence-corrected chi connectivity index (χ3v) is 3.72. The Morgan fingerprint density at radius 1 is 1.30 bits per heavy atom. The molecule has 1 atom stereocenters. The van der Waals surface area contributed by atoms with E-state index in [4.69, 9.17) is 4.98 Å². The monoisotopic (exact) mass is 268 g/mol. The molecule has 0 aromatic carbocycles. The zero-order valence-electron chi connectivity index (χ0n) is 11.8. The normalized spacial score (nSPS) is 17.8. The number of pyridine rings is 1. The van der Waals surface area contributed by atoms with E-state index in [9.17, 15) is 0 Å². The van der Waals surface area contributed by atoms with Crippen LogP contribution in [0.15, 0.2) is 30.6 Å². The first-order chi connectivity index (χ1) is 9.88. The molecule has 0 amide bonds. The van der Waals surface area contributed by atoms with Gasteiger partial charge in [0.25, 0.3) is 0 Å². The SMILES string of the molecule is CCCNC1CCCc2nc(-c3ccccn3)ncc21. The number of aryl methyl sites for hydroxylation is 1. The molecule has 1 aliphatic carbocycles. The zero-order chi connectivity index (χ0) is 13.8. The van der Waals surface area contributed by atoms with Crippen LogP contribution in [0.2, 0.25) is 0 Å². The molecule has 0 aliphatic heterocycles. The van der Waals surface area contributed by atoms with E-state index in [1.54, 1.807) is 6.20 Å². The second-order valence-corrected chi connectivity index (χ2v) is 5.21. The van der Waals surface area contributed by atoms with E-state index in [1.807, 2.05) is 24.4 Å². The minimum Gasteiger partial charge on any atom is -0.310 e. The van der Waals surface area contributed by atoms with E-state index >= 15 is 0 Å². The maximum Gasteiger partial charge on any atom is 0.178 e. The summed E-state index contributed by atoms with van der Waals surface area (Å²) in [5, 5.41) is 3.59. The molecule has 0 radical (unpaired) electrons. The van der Waals surface area contributed by atoms with Gasteiger partial charge >= 0.3 is 0 Å². The lowest BCUT2D eigenvalue weighted by Gasteiger charge is -2.25. The second-order valence-electron chi connectivity index (χ2n) is 5.21. The molecule has 0 fully saturated rings. The van der Waals surface area contributed by atoms with E-state index in [-0.39, 0.29) is 0 Å². The summed E-state index contributed by atoms with van der Waals surface area (Å²) in [4.78, 5) is 13.6. The van der Waals surface area contributed by atoms with E-state index in [2.05, 4.69) is 22.2 Å². The summed E-state index contributed by atoms with van der Waals surface area (Å²) in [6.07, 6.45) is 8.33. The molecule has 104 valence electrons. The van der Waals surface area contributed by atoms with Crippen molar-refractivity contribution in [3.63, 3.8) is 0 Å². The average Bonchev–Trinajstić information content (AvgIpc) is 2.53. The highest BCUT2D eigenvalue weighted by Crippen LogP contribution is 2.29. The van der Waals surface area contributed by atoms with Gasteiger partial charge in [0.05, 0.1) is 0 Å². The molecule has 3 rings (SSSR count). The maximum absolute atomic E-state index is 4.73. The van der Waals surface area contributed by atoms with Crippen molar-refractivity contribution in [2.75, 3.05) is 6.54 Å². The first-order valence-electron chi connectivity index (χ1n) is 7.39. The van der Waals surface area contributed by atoms with Gasteiger partial charge < -0.3 is 5.32 Å². The van der Waals surface area contributed by atoms with Crippen LogP contribution >= 0.6 is 0 Å². The largest absolute Gasteiger partial charge is 0.310 e. The van der Waals surface area contributed by atoms with Gasteiger partial charge in [0.2, 0.25) is 0 Å². The van der Waals surface area contributed by atoms with Crippen molar-refractivity contribution in [3.8, 4) is 11.5 Å². The molecule has 1 aliphatic rings. The highest BCUT2D eigenvalue weighted by atomic mass is 15.0. The van der Waals surface area contributed by atoms with Gasteiger partial charge in [-0.1, -0.05) is 13.0 Å². The third-order valence-electron chi connectivity index (χ3n) is 3.72. The van der Waals surface area contributed by atoms with Crippen LogP contribution in [0.4, 0.5) is 0 Å². The minimum absolute atomic E-state index is 0.413. The van der Waals surface area contributed by atoms with Gasteiger partial charge in [-0.25, -0.2) is 9.97 Å². The van der Waals surface area contributed by atoms with E-state index in [0.717, 1.165) is 30.9 Å². The summed E-state index contributed by atoms with van der Waals surface area (Å²) >= 11 is 0. The van der Waals surface area contributed by atoms with Gasteiger partial charge in [-0.15, -0.1) is 0 Å². The molecule has 0 bridgehead atoms. The third kappa shape index (κ3) is 2.70. The number of nitrogens with zero attached hydrogens (tertiary/aromatic N) is 3. The van der Waals surface area contributed by atoms with Crippen LogP contribution in [0.1, 0.15) is 43.5 Å². The Balaban J connectivity index is 1.89. The van der Waals surface area contributed by atoms with Crippen LogP contribution in [0.5, 0.6) is 0 Å². The molecule has 1 N–H and O–H groups in total. The summed E-state index contributed by atoms with van der Waals surface area (Å²) in [6.45, 7) is 3.24. The fourth-order valence-corrected chi connectivity index (χ4v) is 2.70. The fourth-order valence-electron chi connectivity index (χ4n) is 2.70. The van der Waals surface area contributed by atoms with Crippen LogP contribution in [0, 0.1) is 0 Å². The predicted molar refractivity (Wildman–Crippen MR) is 79.2 cm³/mol. The summed E-state index contributed by atoms with van der Waals surface area (Å²) in [6, 6.07) is 6.25. The number of hydrogen-bond acceptors (Lipinski definition) is 4. The fraction of sp³-hybridized carbons (Fsp3) is 0.438. The van der Waals surface area contributed by atoms with Crippen molar-refractivity contribution >= 4 is 0 Å². The highest BCUT2D eigenvalue weighted by Gasteiger charge is 2.21. The van der Waals surface area contributed by atoms with Gasteiger partial charge in [-0.3, -0.25) is 4.98 Å². The summed E-state index contributed by atoms with van der Waals surface area (Å²) in [5.41, 5.74) is 3.30. The van der Waals surface area contributed by atoms with Crippen LogP contribution in [-0.2, 0) is 6.42 Å². The number of nitrogens with one attached hydrogen (secondary N) is 1. The van der Waals surface area contributed by atoms with Gasteiger partial charge in [-0.05, 0) is 44.4 Å². The zero-order valence-corrected chi connectivity index (χ0v) is 11.8. The summed E-state index contributed by atoms with van der Waals surface area (Å²) in [7, 11) is 0. The second kappa shape index (κ2) is 6.09. The van der Waals surface area contributed by atoms with Crippen LogP contribution in [0.3, 0.4) is 0 Å². The lowest BCUT2D eigenvalue weighted by atomic mass is 9.92. The maximum atomic E-state index is 4.73. The molecule has 4 heteroatoms. The van der Waals surface area contributed by atoms with Crippen molar-refractivity contribution in [2.45, 2.75) is 38.6 Å². The summed E-state index contributed by atoms with van der Waals surface area (Å²) in [5.74, 6) is 0.737. The van der Waals surface area contributed by atoms with E-state index < -0.39 is 0 Å². The quantitative estimate of drug-likeness (QED) is 0.926. The van der Waals surface area contributed by atoms with Crippen LogP contribution < -0.4 is 5.32 Å². The average molecular weight is 268 g/mol. The smallest absolute Gasteiger partial charge is 0.178 e. The number of aromatic nitrogens is 3. The predicted octanol–water partition coefficient (Wildman–Crippen LogP) is 2.92. The van der Waals surface area contributed by atoms with Crippen molar-refractivity contribution in [2.24, 2.45) is 0 Å². The lowest BCUT2D eigenvalue weighted by molar-refractivity contribution is 0.453. The molecule has 0 saturated heterocycles. The Labute approximate surface area is 119 Å². The number of fused-ring (bicyclic) bond motifs is 1. The van der Waals surface area contributed by atoms with E-state index in [1.165, 1.54) is 24.1 Å². The van der Waals surface area contributed by atoms with Crippen molar-refractivity contribution in [1.82, 2.24) is 20.3 Å². The molecular weight excluding hydrogens is 248 g/mol. The van der Waals surface area contributed by atoms with Gasteiger partial charge in [0, 0.05) is 29.7 Å². The molecule has 0 saturated carbocycles. The van der Waals surface area contributed by atoms with Gasteiger partial charge in [-0.2, -0.15) is 0 Å². The Hall–Kier alpha value is -1.81. The molecule has 4 nitrogen and oxygen atoms in total.